The van der Waals surface area contributed by atoms with Crippen molar-refractivity contribution in [3.05, 3.63) is 124 Å². The summed E-state index contributed by atoms with van der Waals surface area (Å²) in [5.74, 6) is -5.59. The predicted octanol–water partition coefficient (Wildman–Crippen LogP) is 6.04. The van der Waals surface area contributed by atoms with Crippen molar-refractivity contribution in [1.29, 1.82) is 0 Å². The summed E-state index contributed by atoms with van der Waals surface area (Å²) in [5.41, 5.74) is 2.23. The molecule has 0 aromatic carbocycles. The van der Waals surface area contributed by atoms with E-state index >= 15 is 0 Å². The van der Waals surface area contributed by atoms with Gasteiger partial charge in [0.2, 0.25) is 0 Å². The van der Waals surface area contributed by atoms with E-state index < -0.39 is 66.2 Å². The van der Waals surface area contributed by atoms with Crippen LogP contribution in [0.15, 0.2) is 124 Å². The smallest absolute Gasteiger partial charge is 0.406 e. The third kappa shape index (κ3) is 114. The first-order valence-corrected chi connectivity index (χ1v) is 33.0. The van der Waals surface area contributed by atoms with Crippen molar-refractivity contribution < 1.29 is 168 Å². The fraction of sp³-hybridized carbons (Fsp3) is 0.507. The molecule has 4 N–H and O–H groups in total. The van der Waals surface area contributed by atoms with E-state index in [0.29, 0.717) is 86.5 Å². The lowest BCUT2D eigenvalue weighted by molar-refractivity contribution is -0.149. The molecular formula is C75H118N2O35. The van der Waals surface area contributed by atoms with Crippen molar-refractivity contribution in [2.24, 2.45) is 0 Å². The maximum Gasteiger partial charge on any atom is 0.406 e. The summed E-state index contributed by atoms with van der Waals surface area (Å²) in [6.07, 6.45) is 4.99. The standard InChI is InChI=1S/C10H16O4.C9H14O5.C9H14O4.C8H13NO3.C8H14O4.C8H12O4.C7H11NO3.C7H10O4.C5H8O2.C4H6O2/c1-8(2)10(12)14-7-5-4-6-13-9(3)11;1-6(2)9(12)14-5-8(11)4-13-7(3)10;1-3-9(11)13-7-5-4-6-12-8(2)10;1-6(2)7(10)4-5-9-8(11)12-3;1-6(2)8(10)12-5-7(9)4-11-3;1-6(2)8(10)12-5-4-11-7(3)9;1-3-6(9)4-5-8-7(10)11-2;1-3-7(9)11-5-4-10-6(2)8;1-4(2)5(6)7-3;1-3-4(5)6-2/h1,4-7H2,2-3H3;8,11H,1,4-5H2,2-3H3;3H,1,4-7H2,2H3;1,4-5H2,2-3H3,(H,9,11);7,9H,1,4-5H2,2-3H3;1,4-5H2,2-3H3;3H,1,4-5H2,2H3,(H,8,10);3H,1,4-5H2,2H3;1H2,2-3H3;3H,1H2,2H3. The Hall–Kier alpha value is -11.7. The lowest BCUT2D eigenvalue weighted by Crippen LogP contribution is -2.25. The molecule has 0 saturated heterocycles. The number of ether oxygens (including phenoxy) is 16. The molecule has 0 saturated carbocycles. The number of alkyl carbamates (subject to hydrolysis) is 2. The number of ketones is 2. The van der Waals surface area contributed by atoms with Crippen LogP contribution in [-0.2, 0) is 148 Å². The zero-order valence-corrected chi connectivity index (χ0v) is 67.5. The van der Waals surface area contributed by atoms with E-state index in [1.54, 1.807) is 34.6 Å². The first kappa shape index (κ1) is 121. The number of amides is 2. The van der Waals surface area contributed by atoms with Gasteiger partial charge >= 0.3 is 89.8 Å². The second kappa shape index (κ2) is 86.5. The number of hydrogen-bond donors (Lipinski definition) is 4. The van der Waals surface area contributed by atoms with Gasteiger partial charge in [0.1, 0.15) is 58.5 Å². The summed E-state index contributed by atoms with van der Waals surface area (Å²) < 4.78 is 72.5. The molecule has 0 bridgehead atoms. The number of carbonyl (C=O) groups is 17. The van der Waals surface area contributed by atoms with Crippen LogP contribution in [0, 0.1) is 0 Å². The van der Waals surface area contributed by atoms with Crippen molar-refractivity contribution in [2.45, 2.75) is 127 Å². The Morgan fingerprint density at radius 1 is 0.304 bits per heavy atom. The normalized spacial score (nSPS) is 9.38. The van der Waals surface area contributed by atoms with Gasteiger partial charge in [0.15, 0.2) is 11.6 Å². The quantitative estimate of drug-likeness (QED) is 0.0235. The first-order chi connectivity index (χ1) is 52.2. The molecule has 112 heavy (non-hydrogen) atoms. The van der Waals surface area contributed by atoms with Gasteiger partial charge in [-0.2, -0.15) is 0 Å². The van der Waals surface area contributed by atoms with E-state index in [1.807, 2.05) is 0 Å². The van der Waals surface area contributed by atoms with Crippen LogP contribution in [0.3, 0.4) is 0 Å². The van der Waals surface area contributed by atoms with E-state index in [-0.39, 0.29) is 125 Å². The van der Waals surface area contributed by atoms with Gasteiger partial charge in [0.05, 0.1) is 61.5 Å². The van der Waals surface area contributed by atoms with Crippen molar-refractivity contribution in [3.8, 4) is 0 Å². The Bertz CT molecular complexity index is 2960. The number of allylic oxidation sites excluding steroid dienone is 2. The molecule has 0 spiro atoms. The van der Waals surface area contributed by atoms with Gasteiger partial charge in [-0.1, -0.05) is 65.8 Å². The molecule has 0 aromatic heterocycles. The molecule has 2 atom stereocenters. The number of rotatable bonds is 40. The second-order valence-corrected chi connectivity index (χ2v) is 20.9. The maximum absolute atomic E-state index is 10.9. The first-order valence-electron chi connectivity index (χ1n) is 33.0. The minimum Gasteiger partial charge on any atom is -0.466 e. The summed E-state index contributed by atoms with van der Waals surface area (Å²) in [5, 5.41) is 23.0. The van der Waals surface area contributed by atoms with Crippen molar-refractivity contribution >= 4 is 101 Å². The molecule has 0 radical (unpaired) electrons. The minimum atomic E-state index is -0.998. The monoisotopic (exact) mass is 1610 g/mol. The Kier molecular flexibility index (Phi) is 93.7. The van der Waals surface area contributed by atoms with E-state index in [0.717, 1.165) is 18.2 Å². The number of unbranched alkanes of at least 4 members (excludes halogenated alkanes) is 2. The van der Waals surface area contributed by atoms with Gasteiger partial charge in [0, 0.05) is 114 Å². The fourth-order valence-corrected chi connectivity index (χ4v) is 4.56. The highest BCUT2D eigenvalue weighted by atomic mass is 16.6. The Morgan fingerprint density at radius 3 is 0.857 bits per heavy atom. The van der Waals surface area contributed by atoms with Gasteiger partial charge < -0.3 is 96.6 Å². The number of methoxy groups -OCH3 is 5. The van der Waals surface area contributed by atoms with Gasteiger partial charge in [0.25, 0.3) is 0 Å². The highest BCUT2D eigenvalue weighted by Crippen LogP contribution is 2.00. The number of carbonyl (C=O) groups excluding carboxylic acids is 17. The van der Waals surface area contributed by atoms with Crippen LogP contribution in [-0.4, -0.2) is 252 Å². The van der Waals surface area contributed by atoms with E-state index in [1.165, 1.54) is 83.2 Å². The lowest BCUT2D eigenvalue weighted by atomic mass is 10.2. The third-order valence-corrected chi connectivity index (χ3v) is 10.0. The molecule has 0 aliphatic heterocycles. The van der Waals surface area contributed by atoms with E-state index in [9.17, 15) is 81.5 Å². The molecule has 0 aromatic rings. The third-order valence-electron chi connectivity index (χ3n) is 10.0. The average molecular weight is 1610 g/mol. The number of nitrogens with one attached hydrogen (secondary N) is 2. The van der Waals surface area contributed by atoms with Crippen LogP contribution in [0.5, 0.6) is 0 Å². The molecule has 0 aliphatic carbocycles. The Balaban J connectivity index is -0.000000130. The molecule has 0 fully saturated rings. The van der Waals surface area contributed by atoms with Crippen LogP contribution in [0.4, 0.5) is 9.59 Å². The molecule has 0 rings (SSSR count). The number of hydrogen-bond acceptors (Lipinski definition) is 35. The van der Waals surface area contributed by atoms with Crippen LogP contribution >= 0.6 is 0 Å². The predicted molar refractivity (Wildman–Crippen MR) is 405 cm³/mol. The molecule has 638 valence electrons. The van der Waals surface area contributed by atoms with Crippen molar-refractivity contribution in [2.75, 3.05) is 128 Å². The topological polar surface area (TPSA) is 502 Å². The minimum absolute atomic E-state index is 0.0496. The van der Waals surface area contributed by atoms with E-state index in [4.69, 9.17) is 24.4 Å². The van der Waals surface area contributed by atoms with E-state index in [2.05, 4.69) is 138 Å². The van der Waals surface area contributed by atoms with Crippen LogP contribution in [0.1, 0.15) is 115 Å². The summed E-state index contributed by atoms with van der Waals surface area (Å²) in [6, 6.07) is 0. The summed E-state index contributed by atoms with van der Waals surface area (Å²) >= 11 is 0. The largest absolute Gasteiger partial charge is 0.466 e. The number of Topliss-reactive ketones (excluding diaryl/α,β-unsaturated/α-hetero) is 1. The average Bonchev–Trinajstić information content (AvgIpc) is 1.02. The Labute approximate surface area is 655 Å². The molecule has 2 unspecified atom stereocenters. The van der Waals surface area contributed by atoms with Crippen LogP contribution in [0.25, 0.3) is 0 Å². The summed E-state index contributed by atoms with van der Waals surface area (Å²) in [4.78, 5) is 178. The molecule has 2 amide bonds. The fourth-order valence-electron chi connectivity index (χ4n) is 4.56. The highest BCUT2D eigenvalue weighted by Gasteiger charge is 2.12. The van der Waals surface area contributed by atoms with Gasteiger partial charge in [-0.25, -0.2) is 47.9 Å². The zero-order valence-electron chi connectivity index (χ0n) is 67.5. The molecule has 37 heteroatoms. The van der Waals surface area contributed by atoms with Crippen molar-refractivity contribution in [1.82, 2.24) is 10.6 Å². The molecule has 0 heterocycles. The number of esters is 13. The van der Waals surface area contributed by atoms with Gasteiger partial charge in [-0.3, -0.25) is 33.6 Å². The lowest BCUT2D eigenvalue weighted by Gasteiger charge is -2.10. The summed E-state index contributed by atoms with van der Waals surface area (Å²) in [6.45, 7) is 51.3. The Morgan fingerprint density at radius 2 is 0.580 bits per heavy atom. The zero-order chi connectivity index (χ0) is 89.1. The van der Waals surface area contributed by atoms with Crippen molar-refractivity contribution in [3.63, 3.8) is 0 Å². The second-order valence-electron chi connectivity index (χ2n) is 20.9. The number of aliphatic hydroxyl groups excluding tert-OH is 2. The molecule has 0 aliphatic rings. The van der Waals surface area contributed by atoms with Gasteiger partial charge in [-0.05, 0) is 78.9 Å². The van der Waals surface area contributed by atoms with Crippen LogP contribution in [0.2, 0.25) is 0 Å². The number of aliphatic hydroxyl groups is 2. The molecule has 37 nitrogen and oxygen atoms in total. The van der Waals surface area contributed by atoms with Gasteiger partial charge in [-0.15, -0.1) is 0 Å². The molecular weight excluding hydrogens is 1490 g/mol. The maximum atomic E-state index is 10.9. The summed E-state index contributed by atoms with van der Waals surface area (Å²) in [7, 11) is 6.64. The highest BCUT2D eigenvalue weighted by molar-refractivity contribution is 5.94. The SMILES string of the molecule is C=C(C)C(=O)CCNC(=O)OC.C=C(C)C(=O)OC.C=C(C)C(=O)OCC(O)COC.C=C(C)C(=O)OCC(O)COC(C)=O.C=C(C)C(=O)OCCCCOC(C)=O.C=C(C)C(=O)OCCOC(C)=O.C=CC(=O)CCNC(=O)OC.C=CC(=O)OC.C=CC(=O)OCCCCOC(C)=O.C=CC(=O)OCCOC(C)=O. The van der Waals surface area contributed by atoms with Crippen LogP contribution < -0.4 is 10.6 Å².